The number of hydrogen-bond donors (Lipinski definition) is 1. The number of hydrogen-bond acceptors (Lipinski definition) is 3. The molecule has 0 radical (unpaired) electrons. The Morgan fingerprint density at radius 2 is 2.06 bits per heavy atom. The highest BCUT2D eigenvalue weighted by Gasteiger charge is 2.05. The third kappa shape index (κ3) is 1.51. The minimum atomic E-state index is 0.947. The van der Waals surface area contributed by atoms with Crippen LogP contribution in [0.1, 0.15) is 11.5 Å². The highest BCUT2D eigenvalue weighted by atomic mass is 32.1. The maximum Gasteiger partial charge on any atom is 0.123 e. The van der Waals surface area contributed by atoms with Crippen molar-refractivity contribution in [3.05, 3.63) is 35.1 Å². The summed E-state index contributed by atoms with van der Waals surface area (Å²) in [6.45, 7) is 3.98. The van der Waals surface area contributed by atoms with Crippen molar-refractivity contribution in [1.29, 1.82) is 0 Å². The highest BCUT2D eigenvalue weighted by Crippen LogP contribution is 2.26. The minimum absolute atomic E-state index is 0.947. The zero-order valence-electron chi connectivity index (χ0n) is 9.11. The number of H-pyrrole nitrogens is 1. The molecule has 16 heavy (non-hydrogen) atoms. The van der Waals surface area contributed by atoms with Crippen molar-refractivity contribution in [2.75, 3.05) is 0 Å². The molecule has 0 atom stereocenters. The van der Waals surface area contributed by atoms with E-state index in [0.29, 0.717) is 0 Å². The molecule has 0 aliphatic rings. The lowest BCUT2D eigenvalue weighted by Gasteiger charge is -1.95. The van der Waals surface area contributed by atoms with Crippen LogP contribution < -0.4 is 0 Å². The smallest absolute Gasteiger partial charge is 0.123 e. The van der Waals surface area contributed by atoms with E-state index < -0.39 is 0 Å². The van der Waals surface area contributed by atoms with Crippen molar-refractivity contribution in [1.82, 2.24) is 15.0 Å². The molecule has 2 heterocycles. The molecule has 1 aromatic carbocycles. The van der Waals surface area contributed by atoms with E-state index in [-0.39, 0.29) is 0 Å². The van der Waals surface area contributed by atoms with Gasteiger partial charge in [-0.15, -0.1) is 11.3 Å². The van der Waals surface area contributed by atoms with Crippen molar-refractivity contribution in [3.8, 4) is 10.6 Å². The standard InChI is InChI=1S/C12H11N3S/c1-7-6-16-12(13-7)9-3-4-10-11(5-9)15-8(2)14-10/h3-6H,1-2H3,(H,14,15). The lowest BCUT2D eigenvalue weighted by molar-refractivity contribution is 1.17. The molecule has 0 aliphatic heterocycles. The molecule has 3 aromatic rings. The molecular weight excluding hydrogens is 218 g/mol. The van der Waals surface area contributed by atoms with Gasteiger partial charge in [0.05, 0.1) is 11.0 Å². The van der Waals surface area contributed by atoms with Crippen molar-refractivity contribution < 1.29 is 0 Å². The number of rotatable bonds is 1. The summed E-state index contributed by atoms with van der Waals surface area (Å²) in [6.07, 6.45) is 0. The Labute approximate surface area is 97.2 Å². The number of aryl methyl sites for hydroxylation is 2. The van der Waals surface area contributed by atoms with Crippen LogP contribution in [0, 0.1) is 13.8 Å². The van der Waals surface area contributed by atoms with E-state index in [4.69, 9.17) is 0 Å². The monoisotopic (exact) mass is 229 g/mol. The molecule has 0 bridgehead atoms. The summed E-state index contributed by atoms with van der Waals surface area (Å²) in [7, 11) is 0. The molecule has 80 valence electrons. The Balaban J connectivity index is 2.17. The van der Waals surface area contributed by atoms with Crippen LogP contribution in [0.15, 0.2) is 23.6 Å². The van der Waals surface area contributed by atoms with E-state index in [0.717, 1.165) is 33.1 Å². The fourth-order valence-electron chi connectivity index (χ4n) is 1.76. The number of benzene rings is 1. The number of aromatic amines is 1. The van der Waals surface area contributed by atoms with Gasteiger partial charge in [0.2, 0.25) is 0 Å². The van der Waals surface area contributed by atoms with E-state index in [2.05, 4.69) is 32.5 Å². The Morgan fingerprint density at radius 1 is 1.19 bits per heavy atom. The van der Waals surface area contributed by atoms with Gasteiger partial charge in [-0.2, -0.15) is 0 Å². The minimum Gasteiger partial charge on any atom is -0.342 e. The number of imidazole rings is 1. The second kappa shape index (κ2) is 3.42. The topological polar surface area (TPSA) is 41.6 Å². The second-order valence-electron chi connectivity index (χ2n) is 3.85. The van der Waals surface area contributed by atoms with Gasteiger partial charge in [-0.3, -0.25) is 0 Å². The van der Waals surface area contributed by atoms with Crippen LogP contribution in [0.25, 0.3) is 21.6 Å². The van der Waals surface area contributed by atoms with Crippen LogP contribution >= 0.6 is 11.3 Å². The Hall–Kier alpha value is -1.68. The molecule has 0 amide bonds. The van der Waals surface area contributed by atoms with Crippen molar-refractivity contribution in [3.63, 3.8) is 0 Å². The maximum absolute atomic E-state index is 4.48. The lowest BCUT2D eigenvalue weighted by atomic mass is 10.2. The number of nitrogens with zero attached hydrogens (tertiary/aromatic N) is 2. The summed E-state index contributed by atoms with van der Waals surface area (Å²) in [6, 6.07) is 6.21. The van der Waals surface area contributed by atoms with Crippen LogP contribution in [0.4, 0.5) is 0 Å². The molecule has 0 saturated heterocycles. The first-order chi connectivity index (χ1) is 7.72. The molecule has 0 unspecified atom stereocenters. The van der Waals surface area contributed by atoms with E-state index in [1.54, 1.807) is 11.3 Å². The summed E-state index contributed by atoms with van der Waals surface area (Å²) >= 11 is 1.67. The van der Waals surface area contributed by atoms with Crippen molar-refractivity contribution in [2.24, 2.45) is 0 Å². The molecule has 3 rings (SSSR count). The van der Waals surface area contributed by atoms with Gasteiger partial charge in [0.25, 0.3) is 0 Å². The fourth-order valence-corrected chi connectivity index (χ4v) is 2.55. The summed E-state index contributed by atoms with van der Waals surface area (Å²) in [5, 5.41) is 3.13. The average Bonchev–Trinajstić information content (AvgIpc) is 2.81. The first-order valence-electron chi connectivity index (χ1n) is 5.11. The third-order valence-electron chi connectivity index (χ3n) is 2.47. The summed E-state index contributed by atoms with van der Waals surface area (Å²) in [4.78, 5) is 12.1. The summed E-state index contributed by atoms with van der Waals surface area (Å²) in [5.41, 5.74) is 4.30. The number of thiazole rings is 1. The van der Waals surface area contributed by atoms with Gasteiger partial charge in [0, 0.05) is 16.6 Å². The molecule has 3 nitrogen and oxygen atoms in total. The number of nitrogens with one attached hydrogen (secondary N) is 1. The van der Waals surface area contributed by atoms with E-state index in [1.165, 1.54) is 0 Å². The van der Waals surface area contributed by atoms with Crippen molar-refractivity contribution in [2.45, 2.75) is 13.8 Å². The summed E-state index contributed by atoms with van der Waals surface area (Å²) in [5.74, 6) is 0.947. The SMILES string of the molecule is Cc1csc(-c2ccc3nc(C)[nH]c3c2)n1. The molecule has 0 fully saturated rings. The van der Waals surface area contributed by atoms with Crippen LogP contribution in [0.5, 0.6) is 0 Å². The van der Waals surface area contributed by atoms with Crippen LogP contribution in [0.3, 0.4) is 0 Å². The molecule has 1 N–H and O–H groups in total. The Morgan fingerprint density at radius 3 is 2.81 bits per heavy atom. The number of aromatic nitrogens is 3. The second-order valence-corrected chi connectivity index (χ2v) is 4.71. The van der Waals surface area contributed by atoms with Gasteiger partial charge >= 0.3 is 0 Å². The molecule has 0 aliphatic carbocycles. The van der Waals surface area contributed by atoms with Crippen LogP contribution in [0.2, 0.25) is 0 Å². The first kappa shape index (κ1) is 9.54. The zero-order chi connectivity index (χ0) is 11.1. The fraction of sp³-hybridized carbons (Fsp3) is 0.167. The van der Waals surface area contributed by atoms with E-state index >= 15 is 0 Å². The van der Waals surface area contributed by atoms with Gasteiger partial charge in [0.1, 0.15) is 10.8 Å². The van der Waals surface area contributed by atoms with Gasteiger partial charge in [-0.05, 0) is 32.0 Å². The van der Waals surface area contributed by atoms with Crippen molar-refractivity contribution >= 4 is 22.4 Å². The summed E-state index contributed by atoms with van der Waals surface area (Å²) < 4.78 is 0. The Bertz CT molecular complexity index is 651. The van der Waals surface area contributed by atoms with Crippen LogP contribution in [-0.2, 0) is 0 Å². The normalized spacial score (nSPS) is 11.1. The van der Waals surface area contributed by atoms with Gasteiger partial charge in [-0.1, -0.05) is 0 Å². The highest BCUT2D eigenvalue weighted by molar-refractivity contribution is 7.13. The molecular formula is C12H11N3S. The molecule has 0 spiro atoms. The Kier molecular flexibility index (Phi) is 2.04. The van der Waals surface area contributed by atoms with Gasteiger partial charge < -0.3 is 4.98 Å². The van der Waals surface area contributed by atoms with E-state index in [9.17, 15) is 0 Å². The molecule has 0 saturated carbocycles. The predicted molar refractivity (Wildman–Crippen MR) is 66.7 cm³/mol. The molecule has 2 aromatic heterocycles. The number of fused-ring (bicyclic) bond motifs is 1. The zero-order valence-corrected chi connectivity index (χ0v) is 9.93. The third-order valence-corrected chi connectivity index (χ3v) is 3.48. The van der Waals surface area contributed by atoms with Crippen LogP contribution in [-0.4, -0.2) is 15.0 Å². The first-order valence-corrected chi connectivity index (χ1v) is 5.99. The average molecular weight is 229 g/mol. The van der Waals surface area contributed by atoms with Gasteiger partial charge in [0.15, 0.2) is 0 Å². The lowest BCUT2D eigenvalue weighted by Crippen LogP contribution is -1.77. The van der Waals surface area contributed by atoms with Gasteiger partial charge in [-0.25, -0.2) is 9.97 Å². The molecule has 4 heteroatoms. The maximum atomic E-state index is 4.48. The largest absolute Gasteiger partial charge is 0.342 e. The predicted octanol–water partition coefficient (Wildman–Crippen LogP) is 3.30. The van der Waals surface area contributed by atoms with E-state index in [1.807, 2.05) is 19.9 Å². The quantitative estimate of drug-likeness (QED) is 0.695.